The highest BCUT2D eigenvalue weighted by Gasteiger charge is 2.45. The highest BCUT2D eigenvalue weighted by Crippen LogP contribution is 2.37. The van der Waals surface area contributed by atoms with Crippen LogP contribution in [0, 0.1) is 0 Å². The zero-order valence-corrected chi connectivity index (χ0v) is 19.4. The third-order valence-corrected chi connectivity index (χ3v) is 6.75. The molecule has 4 rings (SSSR count). The topological polar surface area (TPSA) is 40.6 Å². The number of pyridine rings is 1. The Morgan fingerprint density at radius 3 is 2.39 bits per heavy atom. The summed E-state index contributed by atoms with van der Waals surface area (Å²) in [5.41, 5.74) is -0.0488. The van der Waals surface area contributed by atoms with Crippen LogP contribution >= 0.6 is 0 Å². The molecule has 1 atom stereocenters. The van der Waals surface area contributed by atoms with E-state index in [-0.39, 0.29) is 17.0 Å². The Hall–Kier alpha value is -2.16. The molecule has 33 heavy (non-hydrogen) atoms. The lowest BCUT2D eigenvalue weighted by Crippen LogP contribution is -2.64. The van der Waals surface area contributed by atoms with Gasteiger partial charge in [-0.15, -0.1) is 0 Å². The molecule has 2 aliphatic heterocycles. The number of piperazine rings is 1. The third-order valence-electron chi connectivity index (χ3n) is 6.75. The fourth-order valence-corrected chi connectivity index (χ4v) is 5.15. The molecule has 1 aromatic heterocycles. The van der Waals surface area contributed by atoms with Crippen LogP contribution in [-0.2, 0) is 17.5 Å². The molecule has 0 aliphatic carbocycles. The van der Waals surface area contributed by atoms with E-state index < -0.39 is 11.9 Å². The zero-order valence-electron chi connectivity index (χ0n) is 19.4. The van der Waals surface area contributed by atoms with Crippen LogP contribution in [0.5, 0.6) is 0 Å². The number of nitrogens with zero attached hydrogens (tertiary/aromatic N) is 3. The Morgan fingerprint density at radius 1 is 1.00 bits per heavy atom. The molecule has 1 unspecified atom stereocenters. The average Bonchev–Trinajstić information content (AvgIpc) is 2.78. The first-order valence-corrected chi connectivity index (χ1v) is 11.6. The zero-order chi connectivity index (χ0) is 23.5. The number of anilines is 1. The second-order valence-corrected chi connectivity index (χ2v) is 9.77. The van der Waals surface area contributed by atoms with E-state index in [0.29, 0.717) is 13.2 Å². The maximum absolute atomic E-state index is 13.1. The van der Waals surface area contributed by atoms with E-state index in [1.165, 1.54) is 11.6 Å². The maximum atomic E-state index is 13.1. The summed E-state index contributed by atoms with van der Waals surface area (Å²) >= 11 is 0. The normalized spacial score (nSPS) is 24.5. The standard InChI is InChI=1S/C25H33F3N4O/c1-23(2)18-24(11-16-33-23,19-29-22-10-6-9-21(30-22)25(26,27)28)32-14-12-31(13-15-32)17-20-7-4-3-5-8-20/h3-10H,11-19H2,1-2H3,(H,29,30). The van der Waals surface area contributed by atoms with E-state index in [2.05, 4.69) is 58.2 Å². The second-order valence-electron chi connectivity index (χ2n) is 9.77. The smallest absolute Gasteiger partial charge is 0.375 e. The molecule has 2 fully saturated rings. The number of rotatable bonds is 6. The van der Waals surface area contributed by atoms with Crippen molar-refractivity contribution in [3.63, 3.8) is 0 Å². The third kappa shape index (κ3) is 6.05. The minimum absolute atomic E-state index is 0.198. The Morgan fingerprint density at radius 2 is 1.73 bits per heavy atom. The molecule has 3 heterocycles. The van der Waals surface area contributed by atoms with Gasteiger partial charge in [-0.05, 0) is 44.4 Å². The van der Waals surface area contributed by atoms with Gasteiger partial charge in [0.1, 0.15) is 11.5 Å². The molecule has 0 saturated carbocycles. The highest BCUT2D eigenvalue weighted by atomic mass is 19.4. The van der Waals surface area contributed by atoms with Crippen molar-refractivity contribution in [1.82, 2.24) is 14.8 Å². The molecule has 5 nitrogen and oxygen atoms in total. The first-order valence-electron chi connectivity index (χ1n) is 11.6. The van der Waals surface area contributed by atoms with Gasteiger partial charge in [-0.25, -0.2) is 4.98 Å². The number of nitrogens with one attached hydrogen (secondary N) is 1. The summed E-state index contributed by atoms with van der Waals surface area (Å²) in [5.74, 6) is 0.260. The summed E-state index contributed by atoms with van der Waals surface area (Å²) in [6.07, 6.45) is -2.81. The van der Waals surface area contributed by atoms with Crippen molar-refractivity contribution in [2.24, 2.45) is 0 Å². The molecule has 0 radical (unpaired) electrons. The summed E-state index contributed by atoms with van der Waals surface area (Å²) in [7, 11) is 0. The van der Waals surface area contributed by atoms with Crippen LogP contribution in [0.15, 0.2) is 48.5 Å². The maximum Gasteiger partial charge on any atom is 0.433 e. The van der Waals surface area contributed by atoms with E-state index >= 15 is 0 Å². The molecule has 0 amide bonds. The van der Waals surface area contributed by atoms with Gasteiger partial charge in [-0.3, -0.25) is 9.80 Å². The number of benzene rings is 1. The van der Waals surface area contributed by atoms with Crippen molar-refractivity contribution < 1.29 is 17.9 Å². The van der Waals surface area contributed by atoms with Gasteiger partial charge in [-0.2, -0.15) is 13.2 Å². The van der Waals surface area contributed by atoms with Gasteiger partial charge < -0.3 is 10.1 Å². The highest BCUT2D eigenvalue weighted by molar-refractivity contribution is 5.37. The fourth-order valence-electron chi connectivity index (χ4n) is 5.15. The quantitative estimate of drug-likeness (QED) is 0.676. The Labute approximate surface area is 193 Å². The van der Waals surface area contributed by atoms with Crippen LogP contribution in [-0.4, -0.2) is 65.3 Å². The number of alkyl halides is 3. The van der Waals surface area contributed by atoms with Crippen LogP contribution in [0.25, 0.3) is 0 Å². The van der Waals surface area contributed by atoms with Gasteiger partial charge in [0, 0.05) is 51.4 Å². The number of halogens is 3. The minimum Gasteiger partial charge on any atom is -0.375 e. The Bertz CT molecular complexity index is 913. The second kappa shape index (κ2) is 9.60. The van der Waals surface area contributed by atoms with Crippen molar-refractivity contribution >= 4 is 5.82 Å². The summed E-state index contributed by atoms with van der Waals surface area (Å²) in [6.45, 7) is 10.0. The van der Waals surface area contributed by atoms with E-state index in [9.17, 15) is 13.2 Å². The number of hydrogen-bond donors (Lipinski definition) is 1. The largest absolute Gasteiger partial charge is 0.433 e. The molecule has 2 aliphatic rings. The predicted octanol–water partition coefficient (Wildman–Crippen LogP) is 4.66. The summed E-state index contributed by atoms with van der Waals surface area (Å²) < 4.78 is 45.3. The predicted molar refractivity (Wildman–Crippen MR) is 123 cm³/mol. The summed E-state index contributed by atoms with van der Waals surface area (Å²) in [4.78, 5) is 8.78. The van der Waals surface area contributed by atoms with Crippen LogP contribution in [0.3, 0.4) is 0 Å². The van der Waals surface area contributed by atoms with Crippen LogP contribution in [0.2, 0.25) is 0 Å². The molecule has 2 saturated heterocycles. The molecule has 2 aromatic rings. The van der Waals surface area contributed by atoms with Crippen LogP contribution < -0.4 is 5.32 Å². The van der Waals surface area contributed by atoms with Gasteiger partial charge in [0.15, 0.2) is 0 Å². The van der Waals surface area contributed by atoms with E-state index in [1.807, 2.05) is 6.07 Å². The minimum atomic E-state index is -4.45. The monoisotopic (exact) mass is 462 g/mol. The molecular weight excluding hydrogens is 429 g/mol. The van der Waals surface area contributed by atoms with Gasteiger partial charge in [0.2, 0.25) is 0 Å². The number of aromatic nitrogens is 1. The first-order chi connectivity index (χ1) is 15.7. The fraction of sp³-hybridized carbons (Fsp3) is 0.560. The van der Waals surface area contributed by atoms with Gasteiger partial charge >= 0.3 is 6.18 Å². The summed E-state index contributed by atoms with van der Waals surface area (Å²) in [6, 6.07) is 14.5. The molecule has 8 heteroatoms. The first kappa shape index (κ1) is 24.0. The molecule has 0 spiro atoms. The lowest BCUT2D eigenvalue weighted by atomic mass is 9.79. The summed E-state index contributed by atoms with van der Waals surface area (Å²) in [5, 5.41) is 3.23. The van der Waals surface area contributed by atoms with Crippen molar-refractivity contribution in [2.75, 3.05) is 44.6 Å². The number of hydrogen-bond acceptors (Lipinski definition) is 5. The lowest BCUT2D eigenvalue weighted by molar-refractivity contribution is -0.141. The van der Waals surface area contributed by atoms with Gasteiger partial charge in [-0.1, -0.05) is 36.4 Å². The average molecular weight is 463 g/mol. The SMILES string of the molecule is CC1(C)CC(CNc2cccc(C(F)(F)F)n2)(N2CCN(Cc3ccccc3)CC2)CCO1. The van der Waals surface area contributed by atoms with Crippen molar-refractivity contribution in [3.05, 3.63) is 59.8 Å². The number of ether oxygens (including phenoxy) is 1. The van der Waals surface area contributed by atoms with Crippen molar-refractivity contribution in [3.8, 4) is 0 Å². The van der Waals surface area contributed by atoms with Crippen molar-refractivity contribution in [1.29, 1.82) is 0 Å². The van der Waals surface area contributed by atoms with E-state index in [4.69, 9.17) is 4.74 Å². The molecule has 0 bridgehead atoms. The van der Waals surface area contributed by atoms with E-state index in [1.54, 1.807) is 6.07 Å². The van der Waals surface area contributed by atoms with Crippen molar-refractivity contribution in [2.45, 2.75) is 50.6 Å². The Kier molecular flexibility index (Phi) is 6.98. The van der Waals surface area contributed by atoms with Gasteiger partial charge in [0.25, 0.3) is 0 Å². The van der Waals surface area contributed by atoms with Crippen LogP contribution in [0.1, 0.15) is 37.9 Å². The molecule has 1 N–H and O–H groups in total. The molecular formula is C25H33F3N4O. The molecule has 180 valence electrons. The van der Waals surface area contributed by atoms with Gasteiger partial charge in [0.05, 0.1) is 5.60 Å². The van der Waals surface area contributed by atoms with Crippen LogP contribution in [0.4, 0.5) is 19.0 Å². The Balaban J connectivity index is 1.45. The van der Waals surface area contributed by atoms with E-state index in [0.717, 1.165) is 51.6 Å². The molecule has 1 aromatic carbocycles. The lowest BCUT2D eigenvalue weighted by Gasteiger charge is -2.53.